The molecule has 0 aromatic carbocycles. The van der Waals surface area contributed by atoms with Crippen molar-refractivity contribution in [2.75, 3.05) is 31.6 Å². The largest absolute Gasteiger partial charge is 0.381 e. The molecule has 27 heavy (non-hydrogen) atoms. The molecule has 1 N–H and O–H groups in total. The third kappa shape index (κ3) is 3.90. The predicted molar refractivity (Wildman–Crippen MR) is 99.1 cm³/mol. The Hall–Kier alpha value is -2.61. The van der Waals surface area contributed by atoms with Gasteiger partial charge in [0.2, 0.25) is 5.95 Å². The predicted octanol–water partition coefficient (Wildman–Crippen LogP) is 2.08. The summed E-state index contributed by atoms with van der Waals surface area (Å²) in [5.41, 5.74) is 1.71. The molecular weight excluding hydrogens is 344 g/mol. The molecule has 2 fully saturated rings. The van der Waals surface area contributed by atoms with Crippen LogP contribution in [0.2, 0.25) is 0 Å². The second kappa shape index (κ2) is 7.56. The van der Waals surface area contributed by atoms with E-state index in [1.807, 2.05) is 11.8 Å². The molecule has 0 saturated carbocycles. The zero-order chi connectivity index (χ0) is 18.7. The maximum absolute atomic E-state index is 12.8. The summed E-state index contributed by atoms with van der Waals surface area (Å²) in [7, 11) is 0. The summed E-state index contributed by atoms with van der Waals surface area (Å²) >= 11 is 0. The number of aromatic nitrogens is 4. The molecule has 0 aliphatic carbocycles. The van der Waals surface area contributed by atoms with Crippen molar-refractivity contribution in [1.82, 2.24) is 24.8 Å². The summed E-state index contributed by atoms with van der Waals surface area (Å²) < 4.78 is 5.48. The van der Waals surface area contributed by atoms with Crippen molar-refractivity contribution in [1.29, 1.82) is 0 Å². The van der Waals surface area contributed by atoms with Crippen LogP contribution in [0, 0.1) is 5.41 Å². The summed E-state index contributed by atoms with van der Waals surface area (Å²) in [5.74, 6) is 0.486. The average Bonchev–Trinajstić information content (AvgIpc) is 3.12. The van der Waals surface area contributed by atoms with Gasteiger partial charge in [-0.15, -0.1) is 0 Å². The average molecular weight is 368 g/mol. The fraction of sp³-hybridized carbons (Fsp3) is 0.526. The highest BCUT2D eigenvalue weighted by molar-refractivity contribution is 5.94. The molecule has 0 bridgehead atoms. The van der Waals surface area contributed by atoms with Crippen LogP contribution < -0.4 is 5.32 Å². The topological polar surface area (TPSA) is 93.1 Å². The number of carbonyl (C=O) groups is 1. The van der Waals surface area contributed by atoms with Gasteiger partial charge in [-0.25, -0.2) is 19.9 Å². The lowest BCUT2D eigenvalue weighted by molar-refractivity contribution is 0.0191. The molecular formula is C19H24N6O2. The van der Waals surface area contributed by atoms with Gasteiger partial charge in [0.1, 0.15) is 6.33 Å². The van der Waals surface area contributed by atoms with Gasteiger partial charge in [0.15, 0.2) is 0 Å². The zero-order valence-corrected chi connectivity index (χ0v) is 15.5. The van der Waals surface area contributed by atoms with Crippen molar-refractivity contribution < 1.29 is 9.53 Å². The fourth-order valence-electron chi connectivity index (χ4n) is 3.83. The van der Waals surface area contributed by atoms with Gasteiger partial charge in [0, 0.05) is 56.7 Å². The van der Waals surface area contributed by atoms with Crippen LogP contribution in [-0.2, 0) is 4.74 Å². The van der Waals surface area contributed by atoms with Crippen molar-refractivity contribution in [3.63, 3.8) is 0 Å². The Balaban J connectivity index is 1.38. The fourth-order valence-corrected chi connectivity index (χ4v) is 3.83. The second-order valence-electron chi connectivity index (χ2n) is 7.42. The molecule has 2 aliphatic rings. The summed E-state index contributed by atoms with van der Waals surface area (Å²) in [6.07, 6.45) is 11.3. The van der Waals surface area contributed by atoms with E-state index in [0.29, 0.717) is 11.5 Å². The first-order chi connectivity index (χ1) is 13.2. The van der Waals surface area contributed by atoms with Gasteiger partial charge in [0.05, 0.1) is 11.6 Å². The first-order valence-electron chi connectivity index (χ1n) is 9.36. The maximum atomic E-state index is 12.8. The van der Waals surface area contributed by atoms with Crippen LogP contribution in [0.1, 0.15) is 48.1 Å². The van der Waals surface area contributed by atoms with E-state index >= 15 is 0 Å². The normalized spacial score (nSPS) is 19.8. The number of nitrogens with one attached hydrogen (secondary N) is 1. The summed E-state index contributed by atoms with van der Waals surface area (Å²) in [6.45, 7) is 5.19. The summed E-state index contributed by atoms with van der Waals surface area (Å²) in [5, 5.41) is 3.20. The summed E-state index contributed by atoms with van der Waals surface area (Å²) in [4.78, 5) is 31.4. The lowest BCUT2D eigenvalue weighted by Gasteiger charge is -2.33. The van der Waals surface area contributed by atoms with E-state index in [1.54, 1.807) is 24.8 Å². The highest BCUT2D eigenvalue weighted by Crippen LogP contribution is 2.40. The Morgan fingerprint density at radius 3 is 2.56 bits per heavy atom. The highest BCUT2D eigenvalue weighted by atomic mass is 16.5. The molecule has 8 nitrogen and oxygen atoms in total. The molecule has 0 radical (unpaired) electrons. The molecule has 1 atom stereocenters. The molecule has 142 valence electrons. The van der Waals surface area contributed by atoms with E-state index in [1.165, 1.54) is 6.33 Å². The van der Waals surface area contributed by atoms with Crippen molar-refractivity contribution in [3.8, 4) is 0 Å². The number of likely N-dealkylation sites (tertiary alicyclic amines) is 1. The molecule has 2 aromatic rings. The Kier molecular flexibility index (Phi) is 4.98. The number of ether oxygens (including phenoxy) is 1. The molecule has 1 spiro atoms. The van der Waals surface area contributed by atoms with Crippen molar-refractivity contribution in [2.45, 2.75) is 32.2 Å². The van der Waals surface area contributed by atoms with Gasteiger partial charge in [-0.3, -0.25) is 4.79 Å². The number of rotatable bonds is 4. The van der Waals surface area contributed by atoms with Crippen molar-refractivity contribution in [3.05, 3.63) is 42.2 Å². The van der Waals surface area contributed by atoms with Crippen LogP contribution in [0.4, 0.5) is 5.95 Å². The Bertz CT molecular complexity index is 777. The molecule has 1 amide bonds. The molecule has 4 heterocycles. The lowest BCUT2D eigenvalue weighted by Crippen LogP contribution is -2.35. The minimum Gasteiger partial charge on any atom is -0.381 e. The van der Waals surface area contributed by atoms with Crippen molar-refractivity contribution in [2.24, 2.45) is 5.41 Å². The molecule has 8 heteroatoms. The van der Waals surface area contributed by atoms with Gasteiger partial charge < -0.3 is 15.0 Å². The molecule has 2 saturated heterocycles. The van der Waals surface area contributed by atoms with E-state index < -0.39 is 0 Å². The Labute approximate surface area is 158 Å². The van der Waals surface area contributed by atoms with Gasteiger partial charge in [0.25, 0.3) is 5.91 Å². The minimum atomic E-state index is -0.0280. The van der Waals surface area contributed by atoms with Crippen molar-refractivity contribution >= 4 is 11.9 Å². The minimum absolute atomic E-state index is 0.00873. The van der Waals surface area contributed by atoms with E-state index in [2.05, 4.69) is 25.3 Å². The number of carbonyl (C=O) groups excluding carboxylic acids is 1. The van der Waals surface area contributed by atoms with Gasteiger partial charge in [-0.1, -0.05) is 0 Å². The molecule has 0 unspecified atom stereocenters. The molecule has 4 rings (SSSR count). The first kappa shape index (κ1) is 17.8. The maximum Gasteiger partial charge on any atom is 0.257 e. The quantitative estimate of drug-likeness (QED) is 0.883. The lowest BCUT2D eigenvalue weighted by atomic mass is 9.80. The van der Waals surface area contributed by atoms with E-state index in [9.17, 15) is 4.79 Å². The zero-order valence-electron chi connectivity index (χ0n) is 15.5. The number of hydrogen-bond acceptors (Lipinski definition) is 7. The van der Waals surface area contributed by atoms with E-state index in [4.69, 9.17) is 4.74 Å². The van der Waals surface area contributed by atoms with Crippen LogP contribution in [0.5, 0.6) is 0 Å². The van der Waals surface area contributed by atoms with E-state index in [0.717, 1.165) is 51.1 Å². The monoisotopic (exact) mass is 368 g/mol. The SMILES string of the molecule is C[C@H](Nc1ncc(C(=O)N2CCC3(CCOCC3)C2)cn1)c1cncnc1. The standard InChI is InChI=1S/C19H24N6O2/c1-14(15-8-20-13-21-9-15)24-18-22-10-16(11-23-18)17(26)25-5-2-19(12-25)3-6-27-7-4-19/h8-11,13-14H,2-7,12H2,1H3,(H,22,23,24)/t14-/m0/s1. The third-order valence-electron chi connectivity index (χ3n) is 5.60. The highest BCUT2D eigenvalue weighted by Gasteiger charge is 2.41. The first-order valence-corrected chi connectivity index (χ1v) is 9.36. The number of nitrogens with zero attached hydrogens (tertiary/aromatic N) is 5. The van der Waals surface area contributed by atoms with Crippen LogP contribution in [0.15, 0.2) is 31.1 Å². The third-order valence-corrected chi connectivity index (χ3v) is 5.60. The van der Waals surface area contributed by atoms with E-state index in [-0.39, 0.29) is 17.4 Å². The van der Waals surface area contributed by atoms with Gasteiger partial charge >= 0.3 is 0 Å². The molecule has 2 aromatic heterocycles. The Morgan fingerprint density at radius 2 is 1.85 bits per heavy atom. The Morgan fingerprint density at radius 1 is 1.15 bits per heavy atom. The number of amides is 1. The van der Waals surface area contributed by atoms with Gasteiger partial charge in [-0.2, -0.15) is 0 Å². The van der Waals surface area contributed by atoms with Crippen LogP contribution in [-0.4, -0.2) is 57.0 Å². The number of anilines is 1. The summed E-state index contributed by atoms with van der Waals surface area (Å²) in [6, 6.07) is -0.0280. The van der Waals surface area contributed by atoms with Gasteiger partial charge in [-0.05, 0) is 31.6 Å². The molecule has 2 aliphatic heterocycles. The van der Waals surface area contributed by atoms with Crippen LogP contribution in [0.3, 0.4) is 0 Å². The number of hydrogen-bond donors (Lipinski definition) is 1. The smallest absolute Gasteiger partial charge is 0.257 e. The second-order valence-corrected chi connectivity index (χ2v) is 7.42. The van der Waals surface area contributed by atoms with Crippen LogP contribution >= 0.6 is 0 Å². The van der Waals surface area contributed by atoms with Crippen LogP contribution in [0.25, 0.3) is 0 Å².